The molecule has 24 heavy (non-hydrogen) atoms. The molecule has 0 saturated carbocycles. The maximum atomic E-state index is 5.71. The molecule has 0 aliphatic carbocycles. The van der Waals surface area contributed by atoms with Crippen LogP contribution in [0.2, 0.25) is 0 Å². The van der Waals surface area contributed by atoms with Crippen molar-refractivity contribution in [1.29, 1.82) is 0 Å². The van der Waals surface area contributed by atoms with Gasteiger partial charge in [-0.3, -0.25) is 0 Å². The minimum absolute atomic E-state index is 0.0230. The highest BCUT2D eigenvalue weighted by atomic mass is 16.5. The number of aromatic nitrogens is 2. The van der Waals surface area contributed by atoms with Crippen molar-refractivity contribution in [3.63, 3.8) is 0 Å². The molecule has 0 fully saturated rings. The van der Waals surface area contributed by atoms with Crippen LogP contribution in [0.4, 0.5) is 0 Å². The average molecular weight is 332 g/mol. The van der Waals surface area contributed by atoms with E-state index in [1.54, 1.807) is 0 Å². The Morgan fingerprint density at radius 1 is 0.917 bits per heavy atom. The zero-order valence-corrected chi connectivity index (χ0v) is 16.5. The van der Waals surface area contributed by atoms with Gasteiger partial charge in [0.1, 0.15) is 12.0 Å². The summed E-state index contributed by atoms with van der Waals surface area (Å²) in [5.41, 5.74) is 1.93. The van der Waals surface area contributed by atoms with E-state index in [1.165, 1.54) is 0 Å². The lowest BCUT2D eigenvalue weighted by molar-refractivity contribution is 0.331. The first-order valence-corrected chi connectivity index (χ1v) is 8.88. The van der Waals surface area contributed by atoms with E-state index in [4.69, 9.17) is 13.9 Å². The van der Waals surface area contributed by atoms with Gasteiger partial charge < -0.3 is 8.94 Å². The molecule has 0 bridgehead atoms. The summed E-state index contributed by atoms with van der Waals surface area (Å²) in [7, 11) is 0. The zero-order valence-electron chi connectivity index (χ0n) is 16.5. The maximum Gasteiger partial charge on any atom is 0.199 e. The van der Waals surface area contributed by atoms with Crippen molar-refractivity contribution in [1.82, 2.24) is 10.1 Å². The van der Waals surface area contributed by atoms with Gasteiger partial charge in [0.25, 0.3) is 0 Å². The second-order valence-corrected chi connectivity index (χ2v) is 9.09. The predicted molar refractivity (Wildman–Crippen MR) is 96.4 cm³/mol. The molecular weight excluding hydrogens is 300 g/mol. The molecule has 2 heterocycles. The highest BCUT2D eigenvalue weighted by Crippen LogP contribution is 2.36. The van der Waals surface area contributed by atoms with Crippen LogP contribution in [-0.2, 0) is 22.7 Å². The highest BCUT2D eigenvalue weighted by Gasteiger charge is 2.32. The van der Waals surface area contributed by atoms with Gasteiger partial charge in [0.15, 0.2) is 5.89 Å². The lowest BCUT2D eigenvalue weighted by Crippen LogP contribution is -2.25. The molecule has 134 valence electrons. The van der Waals surface area contributed by atoms with E-state index >= 15 is 0 Å². The van der Waals surface area contributed by atoms with Gasteiger partial charge in [-0.2, -0.15) is 0 Å². The standard InChI is InChI=1S/C20H32N2O2/c1-9-14-12-15(22-24-14)19(5,6)10-11-20(7,8)16-13-23-17(21-16)18(2,3)4/h12-13H,9-11H2,1-8H3. The summed E-state index contributed by atoms with van der Waals surface area (Å²) in [5, 5.41) is 4.26. The Bertz CT molecular complexity index is 672. The van der Waals surface area contributed by atoms with Gasteiger partial charge >= 0.3 is 0 Å². The quantitative estimate of drug-likeness (QED) is 0.695. The Labute approximate surface area is 146 Å². The second kappa shape index (κ2) is 6.38. The highest BCUT2D eigenvalue weighted by molar-refractivity contribution is 5.17. The van der Waals surface area contributed by atoms with Crippen LogP contribution in [0.5, 0.6) is 0 Å². The number of hydrogen-bond donors (Lipinski definition) is 0. The molecule has 2 aromatic rings. The van der Waals surface area contributed by atoms with Crippen LogP contribution in [0.15, 0.2) is 21.3 Å². The molecule has 0 amide bonds. The molecule has 2 aromatic heterocycles. The van der Waals surface area contributed by atoms with Crippen molar-refractivity contribution in [2.75, 3.05) is 0 Å². The SMILES string of the molecule is CCc1cc(C(C)(C)CCC(C)(C)c2coc(C(C)(C)C)n2)no1. The van der Waals surface area contributed by atoms with Crippen molar-refractivity contribution in [3.05, 3.63) is 35.4 Å². The van der Waals surface area contributed by atoms with Crippen LogP contribution in [0.1, 0.15) is 91.3 Å². The fourth-order valence-corrected chi connectivity index (χ4v) is 2.61. The molecule has 4 nitrogen and oxygen atoms in total. The van der Waals surface area contributed by atoms with E-state index < -0.39 is 0 Å². The van der Waals surface area contributed by atoms with Crippen molar-refractivity contribution >= 4 is 0 Å². The van der Waals surface area contributed by atoms with Crippen LogP contribution in [0, 0.1) is 0 Å². The molecule has 0 aromatic carbocycles. The van der Waals surface area contributed by atoms with Gasteiger partial charge in [-0.25, -0.2) is 4.98 Å². The van der Waals surface area contributed by atoms with E-state index in [9.17, 15) is 0 Å². The number of rotatable bonds is 6. The first-order valence-electron chi connectivity index (χ1n) is 8.88. The van der Waals surface area contributed by atoms with E-state index in [0.717, 1.165) is 42.3 Å². The monoisotopic (exact) mass is 332 g/mol. The van der Waals surface area contributed by atoms with Crippen LogP contribution in [0.25, 0.3) is 0 Å². The minimum Gasteiger partial charge on any atom is -0.448 e. The summed E-state index contributed by atoms with van der Waals surface area (Å²) in [4.78, 5) is 4.74. The van der Waals surface area contributed by atoms with Crippen molar-refractivity contribution in [3.8, 4) is 0 Å². The van der Waals surface area contributed by atoms with Gasteiger partial charge in [-0.05, 0) is 12.8 Å². The summed E-state index contributed by atoms with van der Waals surface area (Å²) >= 11 is 0. The topological polar surface area (TPSA) is 52.1 Å². The fourth-order valence-electron chi connectivity index (χ4n) is 2.61. The summed E-state index contributed by atoms with van der Waals surface area (Å²) in [6.07, 6.45) is 4.71. The predicted octanol–water partition coefficient (Wildman–Crippen LogP) is 5.56. The smallest absolute Gasteiger partial charge is 0.199 e. The molecule has 0 spiro atoms. The van der Waals surface area contributed by atoms with Crippen molar-refractivity contribution in [2.45, 2.75) is 90.9 Å². The molecule has 4 heteroatoms. The van der Waals surface area contributed by atoms with Crippen molar-refractivity contribution in [2.24, 2.45) is 0 Å². The lowest BCUT2D eigenvalue weighted by Gasteiger charge is -2.28. The maximum absolute atomic E-state index is 5.71. The third-order valence-corrected chi connectivity index (χ3v) is 4.81. The van der Waals surface area contributed by atoms with Crippen LogP contribution >= 0.6 is 0 Å². The Balaban J connectivity index is 2.10. The van der Waals surface area contributed by atoms with Crippen LogP contribution in [0.3, 0.4) is 0 Å². The van der Waals surface area contributed by atoms with E-state index in [-0.39, 0.29) is 16.2 Å². The second-order valence-electron chi connectivity index (χ2n) is 9.09. The van der Waals surface area contributed by atoms with Crippen molar-refractivity contribution < 1.29 is 8.94 Å². The lowest BCUT2D eigenvalue weighted by atomic mass is 9.76. The third-order valence-electron chi connectivity index (χ3n) is 4.81. The average Bonchev–Trinajstić information content (AvgIpc) is 3.14. The molecular formula is C20H32N2O2. The number of hydrogen-bond acceptors (Lipinski definition) is 4. The summed E-state index contributed by atoms with van der Waals surface area (Å²) in [6, 6.07) is 2.08. The first-order chi connectivity index (χ1) is 11.0. The zero-order chi connectivity index (χ0) is 18.2. The summed E-state index contributed by atoms with van der Waals surface area (Å²) in [6.45, 7) is 17.4. The molecule has 0 radical (unpaired) electrons. The van der Waals surface area contributed by atoms with Gasteiger partial charge in [0, 0.05) is 28.7 Å². The molecule has 0 N–H and O–H groups in total. The van der Waals surface area contributed by atoms with E-state index in [2.05, 4.69) is 66.6 Å². The Kier molecular flexibility index (Phi) is 4.98. The van der Waals surface area contributed by atoms with Gasteiger partial charge in [0.2, 0.25) is 0 Å². The normalized spacial score (nSPS) is 13.5. The van der Waals surface area contributed by atoms with Gasteiger partial charge in [0.05, 0.1) is 11.4 Å². The minimum atomic E-state index is -0.0646. The van der Waals surface area contributed by atoms with E-state index in [0.29, 0.717) is 0 Å². The molecule has 2 rings (SSSR count). The molecule has 0 aliphatic heterocycles. The molecule has 0 aliphatic rings. The van der Waals surface area contributed by atoms with Gasteiger partial charge in [-0.1, -0.05) is 60.5 Å². The summed E-state index contributed by atoms with van der Waals surface area (Å²) < 4.78 is 11.1. The summed E-state index contributed by atoms with van der Waals surface area (Å²) in [5.74, 6) is 1.75. The van der Waals surface area contributed by atoms with Crippen LogP contribution in [-0.4, -0.2) is 10.1 Å². The fraction of sp³-hybridized carbons (Fsp3) is 0.700. The van der Waals surface area contributed by atoms with E-state index in [1.807, 2.05) is 6.26 Å². The Morgan fingerprint density at radius 2 is 1.50 bits per heavy atom. The Morgan fingerprint density at radius 3 is 1.96 bits per heavy atom. The molecule has 0 saturated heterocycles. The van der Waals surface area contributed by atoms with Gasteiger partial charge in [-0.15, -0.1) is 0 Å². The first kappa shape index (κ1) is 18.8. The molecule has 0 unspecified atom stereocenters. The largest absolute Gasteiger partial charge is 0.448 e. The number of aryl methyl sites for hydroxylation is 1. The Hall–Kier alpha value is -1.58. The van der Waals surface area contributed by atoms with Crippen LogP contribution < -0.4 is 0 Å². The number of oxazole rings is 1. The third kappa shape index (κ3) is 4.08. The number of nitrogens with zero attached hydrogens (tertiary/aromatic N) is 2. The molecule has 0 atom stereocenters.